The fourth-order valence-corrected chi connectivity index (χ4v) is 2.88. The maximum Gasteiger partial charge on any atom is 0.228 e. The quantitative estimate of drug-likeness (QED) is 0.914. The fourth-order valence-electron chi connectivity index (χ4n) is 2.88. The van der Waals surface area contributed by atoms with E-state index in [1.807, 2.05) is 36.4 Å². The lowest BCUT2D eigenvalue weighted by Crippen LogP contribution is -2.29. The molecule has 3 rings (SSSR count). The Balaban J connectivity index is 1.55. The summed E-state index contributed by atoms with van der Waals surface area (Å²) < 4.78 is 0. The second kappa shape index (κ2) is 7.18. The van der Waals surface area contributed by atoms with Gasteiger partial charge in [-0.05, 0) is 30.2 Å². The normalized spacial score (nSPS) is 18.1. The summed E-state index contributed by atoms with van der Waals surface area (Å²) in [5.74, 6) is -0.722. The van der Waals surface area contributed by atoms with E-state index in [9.17, 15) is 9.59 Å². The summed E-state index contributed by atoms with van der Waals surface area (Å²) in [4.78, 5) is 26.5. The number of carbonyl (C=O) groups is 2. The third-order valence-corrected chi connectivity index (χ3v) is 4.34. The predicted molar refractivity (Wildman–Crippen MR) is 94.3 cm³/mol. The van der Waals surface area contributed by atoms with Gasteiger partial charge >= 0.3 is 0 Å². The van der Waals surface area contributed by atoms with Gasteiger partial charge in [0.2, 0.25) is 11.8 Å². The number of benzene rings is 2. The highest BCUT2D eigenvalue weighted by molar-refractivity contribution is 5.99. The van der Waals surface area contributed by atoms with Gasteiger partial charge in [-0.1, -0.05) is 36.4 Å². The van der Waals surface area contributed by atoms with Gasteiger partial charge < -0.3 is 10.2 Å². The molecule has 0 aromatic heterocycles. The number of hydrogen-bond acceptors (Lipinski definition) is 3. The van der Waals surface area contributed by atoms with Crippen LogP contribution in [0.4, 0.5) is 5.69 Å². The lowest BCUT2D eigenvalue weighted by atomic mass is 10.2. The zero-order chi connectivity index (χ0) is 17.8. The van der Waals surface area contributed by atoms with Crippen molar-refractivity contribution in [2.75, 3.05) is 12.4 Å². The number of hydrogen-bond donors (Lipinski definition) is 1. The van der Waals surface area contributed by atoms with Gasteiger partial charge in [0, 0.05) is 19.3 Å². The smallest absolute Gasteiger partial charge is 0.228 e. The number of nitriles is 1. The van der Waals surface area contributed by atoms with Crippen molar-refractivity contribution in [2.24, 2.45) is 11.8 Å². The van der Waals surface area contributed by atoms with Gasteiger partial charge in [-0.25, -0.2) is 0 Å². The third kappa shape index (κ3) is 4.04. The molecule has 0 spiro atoms. The first kappa shape index (κ1) is 16.7. The fraction of sp³-hybridized carbons (Fsp3) is 0.250. The minimum Gasteiger partial charge on any atom is -0.341 e. The lowest BCUT2D eigenvalue weighted by molar-refractivity contribution is -0.133. The molecule has 2 aromatic rings. The van der Waals surface area contributed by atoms with Gasteiger partial charge in [-0.3, -0.25) is 9.59 Å². The van der Waals surface area contributed by atoms with Crippen molar-refractivity contribution in [3.63, 3.8) is 0 Å². The van der Waals surface area contributed by atoms with Crippen LogP contribution in [0.3, 0.4) is 0 Å². The standard InChI is InChI=1S/C20H19N3O2/c1-23(13-14-6-3-2-4-7-14)20(25)18-11-17(18)19(24)22-16-9-5-8-15(10-16)12-21/h2-10,17-18H,11,13H2,1H3,(H,22,24). The summed E-state index contributed by atoms with van der Waals surface area (Å²) in [7, 11) is 1.76. The molecule has 0 bridgehead atoms. The second-order valence-electron chi connectivity index (χ2n) is 6.31. The van der Waals surface area contributed by atoms with E-state index in [1.165, 1.54) is 0 Å². The molecule has 0 heterocycles. The third-order valence-electron chi connectivity index (χ3n) is 4.34. The van der Waals surface area contributed by atoms with Crippen LogP contribution in [0.25, 0.3) is 0 Å². The Morgan fingerprint density at radius 3 is 2.64 bits per heavy atom. The number of carbonyl (C=O) groups excluding carboxylic acids is 2. The molecule has 1 saturated carbocycles. The molecule has 25 heavy (non-hydrogen) atoms. The van der Waals surface area contributed by atoms with Gasteiger partial charge in [0.1, 0.15) is 0 Å². The molecule has 0 saturated heterocycles. The maximum absolute atomic E-state index is 12.5. The molecule has 126 valence electrons. The van der Waals surface area contributed by atoms with Crippen LogP contribution in [-0.2, 0) is 16.1 Å². The Bertz CT molecular complexity index is 826. The number of nitrogens with zero attached hydrogens (tertiary/aromatic N) is 2. The Labute approximate surface area is 146 Å². The van der Waals surface area contributed by atoms with E-state index in [2.05, 4.69) is 5.32 Å². The van der Waals surface area contributed by atoms with Gasteiger partial charge in [0.15, 0.2) is 0 Å². The first-order valence-corrected chi connectivity index (χ1v) is 8.18. The van der Waals surface area contributed by atoms with E-state index >= 15 is 0 Å². The van der Waals surface area contributed by atoms with Crippen molar-refractivity contribution in [1.29, 1.82) is 5.26 Å². The highest BCUT2D eigenvalue weighted by Gasteiger charge is 2.49. The summed E-state index contributed by atoms with van der Waals surface area (Å²) in [5, 5.41) is 11.7. The molecule has 5 heteroatoms. The van der Waals surface area contributed by atoms with Crippen LogP contribution in [0.15, 0.2) is 54.6 Å². The van der Waals surface area contributed by atoms with Crippen LogP contribution in [0, 0.1) is 23.2 Å². The van der Waals surface area contributed by atoms with Crippen molar-refractivity contribution < 1.29 is 9.59 Å². The first-order valence-electron chi connectivity index (χ1n) is 8.18. The van der Waals surface area contributed by atoms with Crippen LogP contribution in [0.1, 0.15) is 17.5 Å². The number of anilines is 1. The Morgan fingerprint density at radius 1 is 1.16 bits per heavy atom. The minimum absolute atomic E-state index is 0.00483. The Hall–Kier alpha value is -3.13. The SMILES string of the molecule is CN(Cc1ccccc1)C(=O)C1CC1C(=O)Nc1cccc(C#N)c1. The van der Waals surface area contributed by atoms with Crippen molar-refractivity contribution >= 4 is 17.5 Å². The average Bonchev–Trinajstić information content (AvgIpc) is 3.43. The summed E-state index contributed by atoms with van der Waals surface area (Å²) >= 11 is 0. The molecule has 1 fully saturated rings. The number of nitrogens with one attached hydrogen (secondary N) is 1. The van der Waals surface area contributed by atoms with Gasteiger partial charge in [0.25, 0.3) is 0 Å². The Morgan fingerprint density at radius 2 is 1.92 bits per heavy atom. The van der Waals surface area contributed by atoms with Crippen molar-refractivity contribution in [3.05, 3.63) is 65.7 Å². The summed E-state index contributed by atoms with van der Waals surface area (Å²) in [6.45, 7) is 0.536. The monoisotopic (exact) mass is 333 g/mol. The first-order chi connectivity index (χ1) is 12.1. The second-order valence-corrected chi connectivity index (χ2v) is 6.31. The average molecular weight is 333 g/mol. The maximum atomic E-state index is 12.5. The molecule has 1 aliphatic carbocycles. The predicted octanol–water partition coefficient (Wildman–Crippen LogP) is 2.79. The highest BCUT2D eigenvalue weighted by Crippen LogP contribution is 2.40. The van der Waals surface area contributed by atoms with E-state index < -0.39 is 0 Å². The summed E-state index contributed by atoms with van der Waals surface area (Å²) in [6, 6.07) is 18.6. The van der Waals surface area contributed by atoms with E-state index in [0.29, 0.717) is 24.2 Å². The van der Waals surface area contributed by atoms with E-state index in [1.54, 1.807) is 36.2 Å². The molecule has 1 N–H and O–H groups in total. The van der Waals surface area contributed by atoms with Crippen molar-refractivity contribution in [2.45, 2.75) is 13.0 Å². The van der Waals surface area contributed by atoms with Crippen LogP contribution in [0.5, 0.6) is 0 Å². The van der Waals surface area contributed by atoms with Crippen LogP contribution >= 0.6 is 0 Å². The molecule has 2 amide bonds. The highest BCUT2D eigenvalue weighted by atomic mass is 16.2. The summed E-state index contributed by atoms with van der Waals surface area (Å²) in [5.41, 5.74) is 2.14. The van der Waals surface area contributed by atoms with Gasteiger partial charge in [-0.15, -0.1) is 0 Å². The van der Waals surface area contributed by atoms with E-state index in [4.69, 9.17) is 5.26 Å². The molecule has 5 nitrogen and oxygen atoms in total. The molecule has 2 unspecified atom stereocenters. The number of rotatable bonds is 5. The summed E-state index contributed by atoms with van der Waals surface area (Å²) in [6.07, 6.45) is 0.571. The van der Waals surface area contributed by atoms with E-state index in [0.717, 1.165) is 5.56 Å². The molecule has 1 aliphatic rings. The molecule has 0 aliphatic heterocycles. The van der Waals surface area contributed by atoms with Crippen molar-refractivity contribution in [1.82, 2.24) is 4.90 Å². The Kier molecular flexibility index (Phi) is 4.80. The lowest BCUT2D eigenvalue weighted by Gasteiger charge is -2.17. The zero-order valence-corrected chi connectivity index (χ0v) is 14.0. The van der Waals surface area contributed by atoms with Crippen LogP contribution < -0.4 is 5.32 Å². The van der Waals surface area contributed by atoms with E-state index in [-0.39, 0.29) is 23.7 Å². The van der Waals surface area contributed by atoms with Gasteiger partial charge in [0.05, 0.1) is 23.5 Å². The molecule has 2 atom stereocenters. The van der Waals surface area contributed by atoms with Crippen LogP contribution in [-0.4, -0.2) is 23.8 Å². The van der Waals surface area contributed by atoms with Crippen LogP contribution in [0.2, 0.25) is 0 Å². The minimum atomic E-state index is -0.295. The molecule has 2 aromatic carbocycles. The number of amides is 2. The molecular weight excluding hydrogens is 314 g/mol. The molecular formula is C20H19N3O2. The topological polar surface area (TPSA) is 73.2 Å². The van der Waals surface area contributed by atoms with Crippen molar-refractivity contribution in [3.8, 4) is 6.07 Å². The zero-order valence-electron chi connectivity index (χ0n) is 14.0. The molecule has 0 radical (unpaired) electrons. The van der Waals surface area contributed by atoms with Gasteiger partial charge in [-0.2, -0.15) is 5.26 Å². The largest absolute Gasteiger partial charge is 0.341 e.